The zero-order valence-electron chi connectivity index (χ0n) is 14.1. The topological polar surface area (TPSA) is 71.1 Å². The second kappa shape index (κ2) is 6.37. The van der Waals surface area contributed by atoms with Crippen LogP contribution in [0.2, 0.25) is 0 Å². The minimum atomic E-state index is -0.811. The van der Waals surface area contributed by atoms with Gasteiger partial charge in [-0.2, -0.15) is 0 Å². The smallest absolute Gasteiger partial charge is 0.238 e. The van der Waals surface area contributed by atoms with E-state index in [0.29, 0.717) is 58.5 Å². The molecular weight excluding hydrogens is 298 g/mol. The van der Waals surface area contributed by atoms with Gasteiger partial charge in [0.1, 0.15) is 5.41 Å². The number of nitrogens with one attached hydrogen (secondary N) is 1. The van der Waals surface area contributed by atoms with Gasteiger partial charge < -0.3 is 24.6 Å². The van der Waals surface area contributed by atoms with Crippen molar-refractivity contribution in [2.45, 2.75) is 31.5 Å². The fraction of sp³-hybridized carbons (Fsp3) is 0.875. The van der Waals surface area contributed by atoms with Crippen LogP contribution in [0.25, 0.3) is 0 Å². The third kappa shape index (κ3) is 3.36. The molecule has 23 heavy (non-hydrogen) atoms. The average Bonchev–Trinajstić information content (AvgIpc) is 3.23. The number of hydrogen-bond acceptors (Lipinski definition) is 5. The molecule has 1 spiro atoms. The van der Waals surface area contributed by atoms with Crippen molar-refractivity contribution in [2.75, 3.05) is 53.5 Å². The first-order valence-corrected chi connectivity index (χ1v) is 8.48. The summed E-state index contributed by atoms with van der Waals surface area (Å²) in [7, 11) is 3.92. The lowest BCUT2D eigenvalue weighted by Gasteiger charge is -2.38. The van der Waals surface area contributed by atoms with Crippen molar-refractivity contribution < 1.29 is 19.1 Å². The monoisotopic (exact) mass is 325 g/mol. The predicted octanol–water partition coefficient (Wildman–Crippen LogP) is -0.190. The van der Waals surface area contributed by atoms with Crippen molar-refractivity contribution in [3.63, 3.8) is 0 Å². The van der Waals surface area contributed by atoms with E-state index >= 15 is 0 Å². The van der Waals surface area contributed by atoms with Crippen LogP contribution in [-0.4, -0.2) is 80.9 Å². The molecule has 0 bridgehead atoms. The maximum Gasteiger partial charge on any atom is 0.238 e. The van der Waals surface area contributed by atoms with Gasteiger partial charge in [-0.15, -0.1) is 0 Å². The summed E-state index contributed by atoms with van der Waals surface area (Å²) in [5.41, 5.74) is -0.811. The van der Waals surface area contributed by atoms with Gasteiger partial charge in [0.15, 0.2) is 5.79 Å². The quantitative estimate of drug-likeness (QED) is 0.710. The highest BCUT2D eigenvalue weighted by Gasteiger charge is 2.58. The van der Waals surface area contributed by atoms with Crippen LogP contribution in [0.4, 0.5) is 0 Å². The molecule has 7 nitrogen and oxygen atoms in total. The van der Waals surface area contributed by atoms with Crippen LogP contribution in [0, 0.1) is 5.41 Å². The van der Waals surface area contributed by atoms with Gasteiger partial charge >= 0.3 is 0 Å². The van der Waals surface area contributed by atoms with Crippen LogP contribution in [0.15, 0.2) is 0 Å². The fourth-order valence-corrected chi connectivity index (χ4v) is 3.36. The standard InChI is InChI=1S/C16H27N3O4/c1-18(2)10-7-17-13(20)15(3-4-15)14(21)19-8-5-16(6-9-19)22-11-12-23-16/h3-12H2,1-2H3,(H,17,20). The lowest BCUT2D eigenvalue weighted by atomic mass is 9.99. The lowest BCUT2D eigenvalue weighted by molar-refractivity contribution is -0.188. The second-order valence-corrected chi connectivity index (χ2v) is 7.04. The first-order valence-electron chi connectivity index (χ1n) is 8.48. The summed E-state index contributed by atoms with van der Waals surface area (Å²) in [6.07, 6.45) is 2.71. The van der Waals surface area contributed by atoms with Gasteiger partial charge in [-0.3, -0.25) is 9.59 Å². The normalized spacial score (nSPS) is 24.9. The summed E-state index contributed by atoms with van der Waals surface area (Å²) < 4.78 is 11.4. The van der Waals surface area contributed by atoms with Crippen LogP contribution in [-0.2, 0) is 19.1 Å². The fourth-order valence-electron chi connectivity index (χ4n) is 3.36. The summed E-state index contributed by atoms with van der Waals surface area (Å²) in [5.74, 6) is -0.618. The highest BCUT2D eigenvalue weighted by atomic mass is 16.7. The van der Waals surface area contributed by atoms with Crippen LogP contribution in [0.1, 0.15) is 25.7 Å². The predicted molar refractivity (Wildman–Crippen MR) is 83.7 cm³/mol. The number of piperidine rings is 1. The summed E-state index contributed by atoms with van der Waals surface area (Å²) in [4.78, 5) is 29.0. The Hall–Kier alpha value is -1.18. The molecule has 2 aliphatic heterocycles. The largest absolute Gasteiger partial charge is 0.354 e. The number of hydrogen-bond donors (Lipinski definition) is 1. The molecule has 2 saturated heterocycles. The Kier molecular flexibility index (Phi) is 4.62. The zero-order valence-corrected chi connectivity index (χ0v) is 14.1. The van der Waals surface area contributed by atoms with Crippen molar-refractivity contribution >= 4 is 11.8 Å². The number of nitrogens with zero attached hydrogens (tertiary/aromatic N) is 2. The van der Waals surface area contributed by atoms with Crippen molar-refractivity contribution in [2.24, 2.45) is 5.41 Å². The van der Waals surface area contributed by atoms with E-state index in [4.69, 9.17) is 9.47 Å². The maximum absolute atomic E-state index is 12.8. The molecular formula is C16H27N3O4. The van der Waals surface area contributed by atoms with Crippen LogP contribution in [0.3, 0.4) is 0 Å². The molecule has 0 unspecified atom stereocenters. The summed E-state index contributed by atoms with van der Waals surface area (Å²) >= 11 is 0. The van der Waals surface area contributed by atoms with E-state index in [-0.39, 0.29) is 11.8 Å². The molecule has 0 aromatic carbocycles. The van der Waals surface area contributed by atoms with Crippen molar-refractivity contribution in [1.82, 2.24) is 15.1 Å². The van der Waals surface area contributed by atoms with Crippen molar-refractivity contribution in [3.05, 3.63) is 0 Å². The molecule has 0 atom stereocenters. The first kappa shape index (κ1) is 16.7. The minimum absolute atomic E-state index is 0.0206. The lowest BCUT2D eigenvalue weighted by Crippen LogP contribution is -2.52. The van der Waals surface area contributed by atoms with Gasteiger partial charge in [0.05, 0.1) is 13.2 Å². The molecule has 2 amide bonds. The van der Waals surface area contributed by atoms with E-state index in [0.717, 1.165) is 6.54 Å². The summed E-state index contributed by atoms with van der Waals surface area (Å²) in [5, 5.41) is 2.91. The number of likely N-dealkylation sites (tertiary alicyclic amines) is 1. The number of carbonyl (C=O) groups is 2. The van der Waals surface area contributed by atoms with Gasteiger partial charge in [0.2, 0.25) is 11.8 Å². The Balaban J connectivity index is 1.52. The highest BCUT2D eigenvalue weighted by molar-refractivity contribution is 6.07. The Morgan fingerprint density at radius 1 is 1.09 bits per heavy atom. The summed E-state index contributed by atoms with van der Waals surface area (Å²) in [6.45, 7) is 3.82. The van der Waals surface area contributed by atoms with E-state index in [2.05, 4.69) is 5.32 Å². The van der Waals surface area contributed by atoms with Crippen LogP contribution >= 0.6 is 0 Å². The second-order valence-electron chi connectivity index (χ2n) is 7.04. The SMILES string of the molecule is CN(C)CCNC(=O)C1(C(=O)N2CCC3(CC2)OCCO3)CC1. The Bertz CT molecular complexity index is 460. The highest BCUT2D eigenvalue weighted by Crippen LogP contribution is 2.48. The zero-order chi connectivity index (χ0) is 16.5. The van der Waals surface area contributed by atoms with E-state index in [9.17, 15) is 9.59 Å². The maximum atomic E-state index is 12.8. The molecule has 2 heterocycles. The van der Waals surface area contributed by atoms with Gasteiger partial charge in [0, 0.05) is 39.0 Å². The van der Waals surface area contributed by atoms with Crippen molar-refractivity contribution in [3.8, 4) is 0 Å². The molecule has 1 aliphatic carbocycles. The van der Waals surface area contributed by atoms with Crippen molar-refractivity contribution in [1.29, 1.82) is 0 Å². The Morgan fingerprint density at radius 2 is 1.70 bits per heavy atom. The molecule has 1 saturated carbocycles. The van der Waals surface area contributed by atoms with E-state index in [1.807, 2.05) is 23.9 Å². The van der Waals surface area contributed by atoms with E-state index in [1.165, 1.54) is 0 Å². The molecule has 0 aromatic rings. The van der Waals surface area contributed by atoms with E-state index < -0.39 is 11.2 Å². The molecule has 0 aromatic heterocycles. The average molecular weight is 325 g/mol. The molecule has 3 fully saturated rings. The number of ether oxygens (including phenoxy) is 2. The third-order valence-electron chi connectivity index (χ3n) is 5.06. The molecule has 3 rings (SSSR count). The van der Waals surface area contributed by atoms with Gasteiger partial charge in [-0.05, 0) is 26.9 Å². The molecule has 7 heteroatoms. The number of rotatable bonds is 5. The Labute approximate surface area is 137 Å². The molecule has 0 radical (unpaired) electrons. The molecule has 1 N–H and O–H groups in total. The Morgan fingerprint density at radius 3 is 2.22 bits per heavy atom. The van der Waals surface area contributed by atoms with Crippen LogP contribution < -0.4 is 5.32 Å². The number of likely N-dealkylation sites (N-methyl/N-ethyl adjacent to an activating group) is 1. The number of amides is 2. The molecule has 3 aliphatic rings. The van der Waals surface area contributed by atoms with Gasteiger partial charge in [-0.1, -0.05) is 0 Å². The van der Waals surface area contributed by atoms with Gasteiger partial charge in [-0.25, -0.2) is 0 Å². The first-order chi connectivity index (χ1) is 11.0. The minimum Gasteiger partial charge on any atom is -0.354 e. The van der Waals surface area contributed by atoms with Crippen LogP contribution in [0.5, 0.6) is 0 Å². The molecule has 130 valence electrons. The number of carbonyl (C=O) groups excluding carboxylic acids is 2. The van der Waals surface area contributed by atoms with E-state index in [1.54, 1.807) is 0 Å². The summed E-state index contributed by atoms with van der Waals surface area (Å²) in [6, 6.07) is 0. The third-order valence-corrected chi connectivity index (χ3v) is 5.06. The van der Waals surface area contributed by atoms with Gasteiger partial charge in [0.25, 0.3) is 0 Å².